The van der Waals surface area contributed by atoms with E-state index in [1.807, 2.05) is 59.5 Å². The van der Waals surface area contributed by atoms with Crippen LogP contribution in [0.3, 0.4) is 0 Å². The molecule has 0 atom stereocenters. The Morgan fingerprint density at radius 1 is 1.07 bits per heavy atom. The predicted octanol–water partition coefficient (Wildman–Crippen LogP) is 3.51. The maximum Gasteiger partial charge on any atom is 0.227 e. The van der Waals surface area contributed by atoms with Crippen molar-refractivity contribution in [3.63, 3.8) is 0 Å². The molecule has 2 aromatic carbocycles. The van der Waals surface area contributed by atoms with E-state index in [2.05, 4.69) is 5.32 Å². The van der Waals surface area contributed by atoms with Gasteiger partial charge in [-0.1, -0.05) is 30.3 Å². The third-order valence-electron chi connectivity index (χ3n) is 5.02. The van der Waals surface area contributed by atoms with Crippen LogP contribution in [0.5, 0.6) is 5.75 Å². The van der Waals surface area contributed by atoms with Crippen molar-refractivity contribution in [2.24, 2.45) is 5.92 Å². The zero-order chi connectivity index (χ0) is 19.1. The summed E-state index contributed by atoms with van der Waals surface area (Å²) in [5.74, 6) is 0.974. The smallest absolute Gasteiger partial charge is 0.227 e. The number of likely N-dealkylation sites (tertiary alicyclic amines) is 1. The molecule has 0 spiro atoms. The highest BCUT2D eigenvalue weighted by Crippen LogP contribution is 2.21. The number of anilines is 1. The number of nitrogens with one attached hydrogen (secondary N) is 1. The number of amides is 2. The molecule has 0 radical (unpaired) electrons. The highest BCUT2D eigenvalue weighted by molar-refractivity contribution is 5.92. The van der Waals surface area contributed by atoms with Gasteiger partial charge in [0.1, 0.15) is 5.75 Å². The molecule has 1 N–H and O–H groups in total. The number of aryl methyl sites for hydroxylation is 1. The third-order valence-corrected chi connectivity index (χ3v) is 5.02. The molecule has 5 nitrogen and oxygen atoms in total. The van der Waals surface area contributed by atoms with E-state index in [1.165, 1.54) is 0 Å². The molecule has 0 saturated carbocycles. The van der Waals surface area contributed by atoms with Gasteiger partial charge in [0.25, 0.3) is 0 Å². The Hall–Kier alpha value is -2.82. The van der Waals surface area contributed by atoms with Crippen LogP contribution in [0.1, 0.15) is 24.8 Å². The molecular weight excluding hydrogens is 340 g/mol. The van der Waals surface area contributed by atoms with Gasteiger partial charge in [0.2, 0.25) is 11.8 Å². The van der Waals surface area contributed by atoms with Gasteiger partial charge in [-0.2, -0.15) is 0 Å². The number of nitrogens with zero attached hydrogens (tertiary/aromatic N) is 1. The molecular formula is C22H26N2O3. The van der Waals surface area contributed by atoms with Crippen molar-refractivity contribution >= 4 is 17.5 Å². The summed E-state index contributed by atoms with van der Waals surface area (Å²) >= 11 is 0. The van der Waals surface area contributed by atoms with Gasteiger partial charge in [-0.05, 0) is 49.1 Å². The molecule has 1 heterocycles. The fourth-order valence-corrected chi connectivity index (χ4v) is 3.39. The van der Waals surface area contributed by atoms with Gasteiger partial charge in [0.05, 0.1) is 7.11 Å². The van der Waals surface area contributed by atoms with Crippen molar-refractivity contribution in [2.45, 2.75) is 25.7 Å². The summed E-state index contributed by atoms with van der Waals surface area (Å²) in [6, 6.07) is 17.3. The Morgan fingerprint density at radius 2 is 1.81 bits per heavy atom. The molecule has 0 unspecified atom stereocenters. The molecule has 1 aliphatic rings. The number of methoxy groups -OCH3 is 1. The van der Waals surface area contributed by atoms with Crippen molar-refractivity contribution in [1.29, 1.82) is 0 Å². The second-order valence-corrected chi connectivity index (χ2v) is 6.86. The van der Waals surface area contributed by atoms with E-state index < -0.39 is 0 Å². The molecule has 2 amide bonds. The van der Waals surface area contributed by atoms with Crippen LogP contribution in [-0.2, 0) is 16.0 Å². The first kappa shape index (κ1) is 19.0. The molecule has 1 saturated heterocycles. The lowest BCUT2D eigenvalue weighted by Gasteiger charge is -2.31. The van der Waals surface area contributed by atoms with Crippen LogP contribution in [0, 0.1) is 5.92 Å². The van der Waals surface area contributed by atoms with E-state index in [1.54, 1.807) is 7.11 Å². The summed E-state index contributed by atoms with van der Waals surface area (Å²) in [7, 11) is 1.64. The fraction of sp³-hybridized carbons (Fsp3) is 0.364. The summed E-state index contributed by atoms with van der Waals surface area (Å²) in [5.41, 5.74) is 1.92. The van der Waals surface area contributed by atoms with E-state index in [4.69, 9.17) is 4.74 Å². The number of rotatable bonds is 6. The molecule has 5 heteroatoms. The molecule has 0 aromatic heterocycles. The van der Waals surface area contributed by atoms with Crippen molar-refractivity contribution in [2.75, 3.05) is 25.5 Å². The zero-order valence-corrected chi connectivity index (χ0v) is 15.7. The largest absolute Gasteiger partial charge is 0.497 e. The lowest BCUT2D eigenvalue weighted by molar-refractivity contribution is -0.134. The predicted molar refractivity (Wildman–Crippen MR) is 106 cm³/mol. The van der Waals surface area contributed by atoms with Crippen LogP contribution < -0.4 is 10.1 Å². The lowest BCUT2D eigenvalue weighted by Crippen LogP contribution is -2.41. The molecule has 1 aliphatic heterocycles. The maximum atomic E-state index is 12.5. The topological polar surface area (TPSA) is 58.6 Å². The number of carbonyl (C=O) groups is 2. The Bertz CT molecular complexity index is 768. The number of hydrogen-bond donors (Lipinski definition) is 1. The van der Waals surface area contributed by atoms with Crippen molar-refractivity contribution in [3.8, 4) is 5.75 Å². The molecule has 27 heavy (non-hydrogen) atoms. The number of para-hydroxylation sites is 1. The second kappa shape index (κ2) is 9.21. The summed E-state index contributed by atoms with van der Waals surface area (Å²) in [4.78, 5) is 26.8. The fourth-order valence-electron chi connectivity index (χ4n) is 3.39. The van der Waals surface area contributed by atoms with Gasteiger partial charge in [-0.25, -0.2) is 0 Å². The van der Waals surface area contributed by atoms with Crippen LogP contribution >= 0.6 is 0 Å². The van der Waals surface area contributed by atoms with Crippen molar-refractivity contribution in [1.82, 2.24) is 4.90 Å². The normalized spacial score (nSPS) is 14.6. The number of ether oxygens (including phenoxy) is 1. The van der Waals surface area contributed by atoms with Crippen LogP contribution in [0.25, 0.3) is 0 Å². The van der Waals surface area contributed by atoms with Gasteiger partial charge in [0, 0.05) is 31.1 Å². The lowest BCUT2D eigenvalue weighted by atomic mass is 9.95. The summed E-state index contributed by atoms with van der Waals surface area (Å²) < 4.78 is 5.22. The Balaban J connectivity index is 1.44. The first-order valence-electron chi connectivity index (χ1n) is 9.42. The van der Waals surface area contributed by atoms with E-state index in [0.29, 0.717) is 38.8 Å². The standard InChI is InChI=1S/C22H26N2O3/c1-27-20-9-5-6-17(16-20)10-11-21(25)24-14-12-18(13-15-24)22(26)23-19-7-3-2-4-8-19/h2-9,16,18H,10-15H2,1H3,(H,23,26). The van der Waals surface area contributed by atoms with Gasteiger partial charge < -0.3 is 15.0 Å². The molecule has 3 rings (SSSR count). The van der Waals surface area contributed by atoms with E-state index >= 15 is 0 Å². The molecule has 142 valence electrons. The minimum Gasteiger partial charge on any atom is -0.497 e. The number of benzene rings is 2. The van der Waals surface area contributed by atoms with E-state index in [-0.39, 0.29) is 17.7 Å². The van der Waals surface area contributed by atoms with Gasteiger partial charge in [-0.15, -0.1) is 0 Å². The SMILES string of the molecule is COc1cccc(CCC(=O)N2CCC(C(=O)Nc3ccccc3)CC2)c1. The van der Waals surface area contributed by atoms with E-state index in [0.717, 1.165) is 17.0 Å². The van der Waals surface area contributed by atoms with Crippen LogP contribution in [0.2, 0.25) is 0 Å². The van der Waals surface area contributed by atoms with Gasteiger partial charge >= 0.3 is 0 Å². The molecule has 2 aromatic rings. The first-order valence-corrected chi connectivity index (χ1v) is 9.42. The molecule has 0 aliphatic carbocycles. The monoisotopic (exact) mass is 366 g/mol. The average molecular weight is 366 g/mol. The average Bonchev–Trinajstić information content (AvgIpc) is 2.73. The third kappa shape index (κ3) is 5.33. The minimum atomic E-state index is -0.0346. The van der Waals surface area contributed by atoms with Gasteiger partial charge in [0.15, 0.2) is 0 Å². The van der Waals surface area contributed by atoms with Crippen LogP contribution in [0.4, 0.5) is 5.69 Å². The Kier molecular flexibility index (Phi) is 6.47. The summed E-state index contributed by atoms with van der Waals surface area (Å²) in [5, 5.41) is 2.96. The first-order chi connectivity index (χ1) is 13.2. The Morgan fingerprint density at radius 3 is 2.52 bits per heavy atom. The molecule has 0 bridgehead atoms. The number of hydrogen-bond acceptors (Lipinski definition) is 3. The Labute approximate surface area is 160 Å². The minimum absolute atomic E-state index is 0.0346. The van der Waals surface area contributed by atoms with Crippen LogP contribution in [-0.4, -0.2) is 36.9 Å². The number of carbonyl (C=O) groups excluding carboxylic acids is 2. The second-order valence-electron chi connectivity index (χ2n) is 6.86. The summed E-state index contributed by atoms with van der Waals surface area (Å²) in [6.07, 6.45) is 2.60. The number of piperidine rings is 1. The highest BCUT2D eigenvalue weighted by atomic mass is 16.5. The van der Waals surface area contributed by atoms with Crippen molar-refractivity contribution in [3.05, 3.63) is 60.2 Å². The van der Waals surface area contributed by atoms with Gasteiger partial charge in [-0.3, -0.25) is 9.59 Å². The summed E-state index contributed by atoms with van der Waals surface area (Å²) in [6.45, 7) is 1.29. The quantitative estimate of drug-likeness (QED) is 0.851. The van der Waals surface area contributed by atoms with Crippen LogP contribution in [0.15, 0.2) is 54.6 Å². The maximum absolute atomic E-state index is 12.5. The highest BCUT2D eigenvalue weighted by Gasteiger charge is 2.27. The molecule has 1 fully saturated rings. The van der Waals surface area contributed by atoms with Crippen molar-refractivity contribution < 1.29 is 14.3 Å². The van der Waals surface area contributed by atoms with E-state index in [9.17, 15) is 9.59 Å². The zero-order valence-electron chi connectivity index (χ0n) is 15.7.